The van der Waals surface area contributed by atoms with E-state index in [0.29, 0.717) is 22.3 Å². The van der Waals surface area contributed by atoms with Gasteiger partial charge in [-0.05, 0) is 47.8 Å². The predicted octanol–water partition coefficient (Wildman–Crippen LogP) is 3.20. The Balaban J connectivity index is 2.13. The zero-order valence-corrected chi connectivity index (χ0v) is 13.0. The lowest BCUT2D eigenvalue weighted by molar-refractivity contribution is 0.0315. The molecule has 19 heavy (non-hydrogen) atoms. The molecule has 1 heterocycles. The van der Waals surface area contributed by atoms with Crippen molar-refractivity contribution in [3.63, 3.8) is 0 Å². The highest BCUT2D eigenvalue weighted by atomic mass is 79.9. The Morgan fingerprint density at radius 2 is 2.37 bits per heavy atom. The topological polar surface area (TPSA) is 47.3 Å². The van der Waals surface area contributed by atoms with E-state index in [0.717, 1.165) is 19.4 Å². The maximum Gasteiger partial charge on any atom is 0.161 e. The van der Waals surface area contributed by atoms with E-state index in [1.54, 1.807) is 12.1 Å². The number of hydrogen-bond acceptors (Lipinski definition) is 3. The molecule has 2 rings (SSSR count). The van der Waals surface area contributed by atoms with Gasteiger partial charge in [-0.1, -0.05) is 12.2 Å². The Hall–Kier alpha value is -0.720. The van der Waals surface area contributed by atoms with Gasteiger partial charge < -0.3 is 15.8 Å². The molecule has 104 valence electrons. The van der Waals surface area contributed by atoms with Crippen LogP contribution in [0.25, 0.3) is 0 Å². The Morgan fingerprint density at radius 3 is 2.95 bits per heavy atom. The van der Waals surface area contributed by atoms with Gasteiger partial charge >= 0.3 is 0 Å². The molecule has 3 nitrogen and oxygen atoms in total. The standard InChI is InChI=1S/C13H16BrFN2OS/c1-13(5-2-6-18-13)7-17-9-4-3-8(12(16)19)10(14)11(9)15/h3-4,17H,2,5-7H2,1H3,(H2,16,19). The van der Waals surface area contributed by atoms with Gasteiger partial charge in [0.05, 0.1) is 15.8 Å². The van der Waals surface area contributed by atoms with Crippen molar-refractivity contribution in [3.05, 3.63) is 28.0 Å². The first-order valence-corrected chi connectivity index (χ1v) is 7.29. The van der Waals surface area contributed by atoms with Gasteiger partial charge in [-0.3, -0.25) is 0 Å². The molecule has 0 bridgehead atoms. The maximum atomic E-state index is 14.2. The van der Waals surface area contributed by atoms with Gasteiger partial charge in [0.2, 0.25) is 0 Å². The molecule has 1 aromatic rings. The number of thiocarbonyl (C=S) groups is 1. The molecular formula is C13H16BrFN2OS. The van der Waals surface area contributed by atoms with Crippen LogP contribution in [0.4, 0.5) is 10.1 Å². The first-order valence-electron chi connectivity index (χ1n) is 6.08. The Morgan fingerprint density at radius 1 is 1.63 bits per heavy atom. The van der Waals surface area contributed by atoms with E-state index in [2.05, 4.69) is 21.2 Å². The fourth-order valence-corrected chi connectivity index (χ4v) is 3.00. The SMILES string of the molecule is CC1(CNc2ccc(C(N)=S)c(Br)c2F)CCCO1. The van der Waals surface area contributed by atoms with E-state index in [9.17, 15) is 4.39 Å². The van der Waals surface area contributed by atoms with Crippen molar-refractivity contribution in [1.82, 2.24) is 0 Å². The number of nitrogens with two attached hydrogens (primary N) is 1. The van der Waals surface area contributed by atoms with Crippen molar-refractivity contribution < 1.29 is 9.13 Å². The number of ether oxygens (including phenoxy) is 1. The van der Waals surface area contributed by atoms with E-state index < -0.39 is 0 Å². The summed E-state index contributed by atoms with van der Waals surface area (Å²) < 4.78 is 20.1. The van der Waals surface area contributed by atoms with Crippen LogP contribution in [0, 0.1) is 5.82 Å². The fraction of sp³-hybridized carbons (Fsp3) is 0.462. The lowest BCUT2D eigenvalue weighted by atomic mass is 10.0. The molecule has 1 fully saturated rings. The number of hydrogen-bond donors (Lipinski definition) is 2. The number of rotatable bonds is 4. The number of halogens is 2. The Labute approximate surface area is 125 Å². The lowest BCUT2D eigenvalue weighted by Gasteiger charge is -2.24. The molecular weight excluding hydrogens is 331 g/mol. The molecule has 0 amide bonds. The van der Waals surface area contributed by atoms with Gasteiger partial charge in [0, 0.05) is 18.7 Å². The highest BCUT2D eigenvalue weighted by Gasteiger charge is 2.29. The van der Waals surface area contributed by atoms with E-state index >= 15 is 0 Å². The zero-order chi connectivity index (χ0) is 14.0. The molecule has 0 spiro atoms. The second kappa shape index (κ2) is 5.73. The fourth-order valence-electron chi connectivity index (χ4n) is 2.13. The molecule has 1 aromatic carbocycles. The number of anilines is 1. The Bertz CT molecular complexity index is 504. The van der Waals surface area contributed by atoms with Crippen LogP contribution in [0.3, 0.4) is 0 Å². The summed E-state index contributed by atoms with van der Waals surface area (Å²) in [5.74, 6) is -0.383. The van der Waals surface area contributed by atoms with Crippen LogP contribution in [0.2, 0.25) is 0 Å². The van der Waals surface area contributed by atoms with Crippen molar-refractivity contribution in [1.29, 1.82) is 0 Å². The van der Waals surface area contributed by atoms with Crippen molar-refractivity contribution in [3.8, 4) is 0 Å². The van der Waals surface area contributed by atoms with Crippen LogP contribution in [-0.2, 0) is 4.74 Å². The van der Waals surface area contributed by atoms with Gasteiger partial charge in [-0.25, -0.2) is 4.39 Å². The molecule has 0 saturated carbocycles. The summed E-state index contributed by atoms with van der Waals surface area (Å²) in [6, 6.07) is 3.35. The number of benzene rings is 1. The summed E-state index contributed by atoms with van der Waals surface area (Å²) in [5, 5.41) is 3.09. The predicted molar refractivity (Wildman–Crippen MR) is 82.1 cm³/mol. The summed E-state index contributed by atoms with van der Waals surface area (Å²) in [6.07, 6.45) is 2.03. The highest BCUT2D eigenvalue weighted by Crippen LogP contribution is 2.29. The maximum absolute atomic E-state index is 14.2. The monoisotopic (exact) mass is 346 g/mol. The van der Waals surface area contributed by atoms with Gasteiger partial charge in [0.25, 0.3) is 0 Å². The highest BCUT2D eigenvalue weighted by molar-refractivity contribution is 9.10. The quantitative estimate of drug-likeness (QED) is 0.822. The van der Waals surface area contributed by atoms with Crippen LogP contribution >= 0.6 is 28.1 Å². The summed E-state index contributed by atoms with van der Waals surface area (Å²) in [6.45, 7) is 3.37. The second-order valence-electron chi connectivity index (χ2n) is 4.91. The summed E-state index contributed by atoms with van der Waals surface area (Å²) in [4.78, 5) is 0.170. The first-order chi connectivity index (χ1) is 8.93. The smallest absolute Gasteiger partial charge is 0.161 e. The molecule has 1 atom stereocenters. The van der Waals surface area contributed by atoms with Crippen molar-refractivity contribution in [2.45, 2.75) is 25.4 Å². The van der Waals surface area contributed by atoms with Crippen molar-refractivity contribution >= 4 is 38.8 Å². The van der Waals surface area contributed by atoms with Crippen LogP contribution in [0.15, 0.2) is 16.6 Å². The first kappa shape index (κ1) is 14.7. The second-order valence-corrected chi connectivity index (χ2v) is 6.14. The third kappa shape index (κ3) is 3.24. The molecule has 0 aromatic heterocycles. The van der Waals surface area contributed by atoms with E-state index in [1.165, 1.54) is 0 Å². The van der Waals surface area contributed by atoms with Crippen LogP contribution in [0.1, 0.15) is 25.3 Å². The molecule has 1 aliphatic rings. The number of nitrogens with one attached hydrogen (secondary N) is 1. The molecule has 1 saturated heterocycles. The van der Waals surface area contributed by atoms with Crippen molar-refractivity contribution in [2.24, 2.45) is 5.73 Å². The van der Waals surface area contributed by atoms with Gasteiger partial charge in [0.15, 0.2) is 5.82 Å². The third-order valence-corrected chi connectivity index (χ3v) is 4.30. The average Bonchev–Trinajstić information content (AvgIpc) is 2.78. The minimum atomic E-state index is -0.383. The molecule has 1 unspecified atom stereocenters. The van der Waals surface area contributed by atoms with E-state index in [1.807, 2.05) is 6.92 Å². The summed E-state index contributed by atoms with van der Waals surface area (Å²) in [7, 11) is 0. The average molecular weight is 347 g/mol. The largest absolute Gasteiger partial charge is 0.389 e. The van der Waals surface area contributed by atoms with Crippen LogP contribution in [0.5, 0.6) is 0 Å². The minimum Gasteiger partial charge on any atom is -0.389 e. The minimum absolute atomic E-state index is 0.170. The molecule has 3 N–H and O–H groups in total. The molecule has 1 aliphatic heterocycles. The molecule has 6 heteroatoms. The lowest BCUT2D eigenvalue weighted by Crippen LogP contribution is -2.32. The summed E-state index contributed by atoms with van der Waals surface area (Å²) >= 11 is 8.05. The molecule has 0 aliphatic carbocycles. The summed E-state index contributed by atoms with van der Waals surface area (Å²) in [5.41, 5.74) is 6.22. The van der Waals surface area contributed by atoms with Crippen LogP contribution < -0.4 is 11.1 Å². The van der Waals surface area contributed by atoms with Gasteiger partial charge in [-0.15, -0.1) is 0 Å². The van der Waals surface area contributed by atoms with E-state index in [4.69, 9.17) is 22.7 Å². The van der Waals surface area contributed by atoms with Gasteiger partial charge in [-0.2, -0.15) is 0 Å². The molecule has 0 radical (unpaired) electrons. The zero-order valence-electron chi connectivity index (χ0n) is 10.6. The Kier molecular flexibility index (Phi) is 4.43. The van der Waals surface area contributed by atoms with E-state index in [-0.39, 0.29) is 16.4 Å². The third-order valence-electron chi connectivity index (χ3n) is 3.30. The van der Waals surface area contributed by atoms with Crippen molar-refractivity contribution in [2.75, 3.05) is 18.5 Å². The van der Waals surface area contributed by atoms with Crippen LogP contribution in [-0.4, -0.2) is 23.7 Å². The normalized spacial score (nSPS) is 22.5. The van der Waals surface area contributed by atoms with Gasteiger partial charge in [0.1, 0.15) is 4.99 Å².